The maximum absolute atomic E-state index is 13.9. The molecule has 14 heteroatoms. The van der Waals surface area contributed by atoms with Crippen LogP contribution in [0.4, 0.5) is 5.69 Å². The van der Waals surface area contributed by atoms with Crippen molar-refractivity contribution in [3.05, 3.63) is 94.1 Å². The van der Waals surface area contributed by atoms with Gasteiger partial charge in [0.05, 0.1) is 31.4 Å². The third kappa shape index (κ3) is 9.86. The van der Waals surface area contributed by atoms with Crippen LogP contribution in [-0.2, 0) is 43.2 Å². The number of nitro benzene ring substituents is 1. The molecule has 1 fully saturated rings. The number of Topliss-reactive ketones (excluding diaryl/α,β-unsaturated/α-hetero) is 1. The van der Waals surface area contributed by atoms with Crippen LogP contribution in [0, 0.1) is 10.1 Å². The molecule has 4 rings (SSSR count). The molecule has 1 aliphatic rings. The molecule has 0 aliphatic carbocycles. The third-order valence-corrected chi connectivity index (χ3v) is 8.56. The Morgan fingerprint density at radius 1 is 1.15 bits per heavy atom. The van der Waals surface area contributed by atoms with Gasteiger partial charge in [-0.3, -0.25) is 19.7 Å². The van der Waals surface area contributed by atoms with Gasteiger partial charge in [0.15, 0.2) is 5.78 Å². The summed E-state index contributed by atoms with van der Waals surface area (Å²) in [6.45, 7) is 1.00. The number of methoxy groups -OCH3 is 1. The Morgan fingerprint density at radius 2 is 1.89 bits per heavy atom. The molecule has 2 N–H and O–H groups in total. The number of rotatable bonds is 17. The predicted molar refractivity (Wildman–Crippen MR) is 177 cm³/mol. The Hall–Kier alpha value is -3.78. The van der Waals surface area contributed by atoms with Crippen molar-refractivity contribution in [1.82, 2.24) is 20.2 Å². The van der Waals surface area contributed by atoms with Crippen molar-refractivity contribution in [3.8, 4) is 0 Å². The standard InChI is InChI=1S/C32H39N5O7S.ClH/c1-43-31(40)27(13-16-45-2)35-30(39)28(17-23-7-4-3-5-8-23)44-21-32(14-6-15-34-32)29(38)18-26-19-33-22-36(26)20-24-9-11-25(12-10-24)37(41)42;/h3-5,7-12,19,22,27-28,34H,6,13-18,20-21H2,1-2H3,(H,35,39);1H/t27-,28?,32+;/m1./s1. The van der Waals surface area contributed by atoms with Crippen LogP contribution in [0.25, 0.3) is 0 Å². The van der Waals surface area contributed by atoms with Crippen LogP contribution in [0.3, 0.4) is 0 Å². The highest BCUT2D eigenvalue weighted by Gasteiger charge is 2.42. The van der Waals surface area contributed by atoms with Gasteiger partial charge in [-0.15, -0.1) is 12.4 Å². The second-order valence-electron chi connectivity index (χ2n) is 11.0. The number of carbonyl (C=O) groups is 3. The zero-order chi connectivity index (χ0) is 32.2. The summed E-state index contributed by atoms with van der Waals surface area (Å²) in [4.78, 5) is 54.6. The van der Waals surface area contributed by atoms with E-state index in [1.165, 1.54) is 19.2 Å². The van der Waals surface area contributed by atoms with E-state index >= 15 is 0 Å². The lowest BCUT2D eigenvalue weighted by Crippen LogP contribution is -2.54. The molecule has 0 bridgehead atoms. The van der Waals surface area contributed by atoms with Gasteiger partial charge in [0.2, 0.25) is 5.91 Å². The quantitative estimate of drug-likeness (QED) is 0.124. The van der Waals surface area contributed by atoms with E-state index in [2.05, 4.69) is 15.6 Å². The van der Waals surface area contributed by atoms with Crippen LogP contribution in [0.2, 0.25) is 0 Å². The number of halogens is 1. The Balaban J connectivity index is 0.00000576. The summed E-state index contributed by atoms with van der Waals surface area (Å²) in [7, 11) is 1.29. The molecule has 1 aliphatic heterocycles. The van der Waals surface area contributed by atoms with E-state index in [9.17, 15) is 24.5 Å². The summed E-state index contributed by atoms with van der Waals surface area (Å²) in [6, 6.07) is 14.9. The first-order chi connectivity index (χ1) is 21.7. The van der Waals surface area contributed by atoms with E-state index < -0.39 is 34.5 Å². The number of benzene rings is 2. The van der Waals surface area contributed by atoms with Gasteiger partial charge in [-0.25, -0.2) is 9.78 Å². The summed E-state index contributed by atoms with van der Waals surface area (Å²) in [5.74, 6) is -0.397. The number of non-ortho nitro benzene ring substituents is 1. The van der Waals surface area contributed by atoms with Crippen molar-refractivity contribution >= 4 is 47.5 Å². The number of nitrogens with one attached hydrogen (secondary N) is 2. The first kappa shape index (κ1) is 36.7. The van der Waals surface area contributed by atoms with Crippen molar-refractivity contribution in [3.63, 3.8) is 0 Å². The number of ketones is 1. The fraction of sp³-hybridized carbons (Fsp3) is 0.438. The second kappa shape index (κ2) is 17.8. The lowest BCUT2D eigenvalue weighted by atomic mass is 9.90. The maximum Gasteiger partial charge on any atom is 0.328 e. The molecule has 1 saturated heterocycles. The van der Waals surface area contributed by atoms with Gasteiger partial charge in [-0.2, -0.15) is 11.8 Å². The highest BCUT2D eigenvalue weighted by atomic mass is 35.5. The van der Waals surface area contributed by atoms with Gasteiger partial charge in [0.25, 0.3) is 5.69 Å². The molecular weight excluding hydrogens is 634 g/mol. The summed E-state index contributed by atoms with van der Waals surface area (Å²) in [5, 5.41) is 17.2. The van der Waals surface area contributed by atoms with Crippen LogP contribution in [-0.4, -0.2) is 82.1 Å². The van der Waals surface area contributed by atoms with E-state index in [0.717, 1.165) is 17.5 Å². The summed E-state index contributed by atoms with van der Waals surface area (Å²) in [6.07, 6.45) is 6.30. The Kier molecular flexibility index (Phi) is 14.2. The van der Waals surface area contributed by atoms with E-state index in [-0.39, 0.29) is 43.3 Å². The number of aromatic nitrogens is 2. The van der Waals surface area contributed by atoms with Crippen molar-refractivity contribution in [1.29, 1.82) is 0 Å². The van der Waals surface area contributed by atoms with Gasteiger partial charge in [0.1, 0.15) is 17.7 Å². The highest BCUT2D eigenvalue weighted by molar-refractivity contribution is 7.98. The second-order valence-corrected chi connectivity index (χ2v) is 12.0. The number of nitrogens with zero attached hydrogens (tertiary/aromatic N) is 3. The Bertz CT molecular complexity index is 1450. The van der Waals surface area contributed by atoms with Crippen molar-refractivity contribution in [2.75, 3.05) is 32.3 Å². The molecule has 2 aromatic carbocycles. The summed E-state index contributed by atoms with van der Waals surface area (Å²) >= 11 is 1.56. The smallest absolute Gasteiger partial charge is 0.328 e. The molecule has 0 radical (unpaired) electrons. The molecule has 12 nitrogen and oxygen atoms in total. The fourth-order valence-electron chi connectivity index (χ4n) is 5.33. The summed E-state index contributed by atoms with van der Waals surface area (Å²) in [5.41, 5.74) is 1.42. The Morgan fingerprint density at radius 3 is 2.52 bits per heavy atom. The monoisotopic (exact) mass is 673 g/mol. The van der Waals surface area contributed by atoms with Gasteiger partial charge >= 0.3 is 5.97 Å². The van der Waals surface area contributed by atoms with E-state index in [1.54, 1.807) is 36.4 Å². The van der Waals surface area contributed by atoms with Crippen LogP contribution >= 0.6 is 24.2 Å². The number of ether oxygens (including phenoxy) is 2. The molecular formula is C32H40ClN5O7S. The van der Waals surface area contributed by atoms with Gasteiger partial charge in [0, 0.05) is 37.0 Å². The number of carbonyl (C=O) groups excluding carboxylic acids is 3. The molecule has 0 saturated carbocycles. The molecule has 1 amide bonds. The summed E-state index contributed by atoms with van der Waals surface area (Å²) < 4.78 is 13.0. The van der Waals surface area contributed by atoms with Crippen LogP contribution in [0.5, 0.6) is 0 Å². The number of thioether (sulfide) groups is 1. The lowest BCUT2D eigenvalue weighted by Gasteiger charge is -2.30. The van der Waals surface area contributed by atoms with Crippen molar-refractivity contribution in [2.45, 2.75) is 56.3 Å². The molecule has 248 valence electrons. The molecule has 0 spiro atoms. The van der Waals surface area contributed by atoms with E-state index in [4.69, 9.17) is 9.47 Å². The number of esters is 1. The lowest BCUT2D eigenvalue weighted by molar-refractivity contribution is -0.384. The number of nitro groups is 1. The molecule has 1 unspecified atom stereocenters. The number of hydrogen-bond acceptors (Lipinski definition) is 10. The van der Waals surface area contributed by atoms with Gasteiger partial charge < -0.3 is 24.7 Å². The average Bonchev–Trinajstić information content (AvgIpc) is 3.71. The highest BCUT2D eigenvalue weighted by Crippen LogP contribution is 2.25. The zero-order valence-electron chi connectivity index (χ0n) is 25.9. The van der Waals surface area contributed by atoms with Crippen molar-refractivity contribution < 1.29 is 28.8 Å². The topological polar surface area (TPSA) is 155 Å². The number of amides is 1. The third-order valence-electron chi connectivity index (χ3n) is 7.92. The average molecular weight is 674 g/mol. The van der Waals surface area contributed by atoms with Crippen LogP contribution in [0.1, 0.15) is 36.1 Å². The van der Waals surface area contributed by atoms with Crippen LogP contribution < -0.4 is 10.6 Å². The molecule has 3 atom stereocenters. The van der Waals surface area contributed by atoms with Crippen molar-refractivity contribution in [2.24, 2.45) is 0 Å². The van der Waals surface area contributed by atoms with Gasteiger partial charge in [-0.1, -0.05) is 42.5 Å². The van der Waals surface area contributed by atoms with E-state index in [1.807, 2.05) is 41.2 Å². The minimum absolute atomic E-state index is 0. The zero-order valence-corrected chi connectivity index (χ0v) is 27.5. The van der Waals surface area contributed by atoms with Crippen LogP contribution in [0.15, 0.2) is 67.1 Å². The fourth-order valence-corrected chi connectivity index (χ4v) is 5.80. The minimum atomic E-state index is -1.00. The number of hydrogen-bond donors (Lipinski definition) is 2. The van der Waals surface area contributed by atoms with Gasteiger partial charge in [-0.05, 0) is 48.9 Å². The minimum Gasteiger partial charge on any atom is -0.467 e. The molecule has 46 heavy (non-hydrogen) atoms. The largest absolute Gasteiger partial charge is 0.467 e. The molecule has 1 aromatic heterocycles. The molecule has 3 aromatic rings. The maximum atomic E-state index is 13.9. The first-order valence-electron chi connectivity index (χ1n) is 14.8. The first-order valence-corrected chi connectivity index (χ1v) is 16.2. The Labute approximate surface area is 278 Å². The van der Waals surface area contributed by atoms with E-state index in [0.29, 0.717) is 37.4 Å². The molecule has 2 heterocycles. The normalized spacial score (nSPS) is 17.0. The number of imidazole rings is 1. The predicted octanol–water partition coefficient (Wildman–Crippen LogP) is 3.53. The SMILES string of the molecule is COC(=O)[C@@H](CCSC)NC(=O)C(Cc1ccccc1)OC[C@]1(C(=O)Cc2cncn2Cc2ccc([N+](=O)[O-])cc2)CCCN1.Cl.